The number of aliphatic carboxylic acids is 2. The van der Waals surface area contributed by atoms with Gasteiger partial charge in [0.1, 0.15) is 0 Å². The van der Waals surface area contributed by atoms with Crippen molar-refractivity contribution in [1.82, 2.24) is 14.8 Å². The Labute approximate surface area is 141 Å². The summed E-state index contributed by atoms with van der Waals surface area (Å²) in [7, 11) is 0. The van der Waals surface area contributed by atoms with Crippen molar-refractivity contribution < 1.29 is 19.8 Å². The number of piperazine rings is 1. The topological polar surface area (TPSA) is 94.0 Å². The summed E-state index contributed by atoms with van der Waals surface area (Å²) in [5.41, 5.74) is 1.20. The highest BCUT2D eigenvalue weighted by Crippen LogP contribution is 2.24. The third-order valence-corrected chi connectivity index (χ3v) is 4.54. The zero-order valence-corrected chi connectivity index (χ0v) is 13.8. The van der Waals surface area contributed by atoms with Crippen LogP contribution >= 0.6 is 0 Å². The minimum Gasteiger partial charge on any atom is -0.473 e. The number of hydrogen-bond acceptors (Lipinski definition) is 5. The van der Waals surface area contributed by atoms with Crippen molar-refractivity contribution in [2.45, 2.75) is 38.3 Å². The molecule has 0 atom stereocenters. The summed E-state index contributed by atoms with van der Waals surface area (Å²) in [5.74, 6) is -3.65. The van der Waals surface area contributed by atoms with Crippen LogP contribution in [0.4, 0.5) is 0 Å². The van der Waals surface area contributed by atoms with Gasteiger partial charge in [0, 0.05) is 45.0 Å². The Bertz CT molecular complexity index is 512. The van der Waals surface area contributed by atoms with Gasteiger partial charge in [-0.3, -0.25) is 14.8 Å². The SMILES string of the molecule is O=C(O)C(=O)O.c1ccc(CN2CCN(C3CCCC3)CC2)nc1. The molecule has 1 saturated carbocycles. The Morgan fingerprint density at radius 2 is 1.67 bits per heavy atom. The average Bonchev–Trinajstić information content (AvgIpc) is 3.11. The van der Waals surface area contributed by atoms with E-state index in [0.29, 0.717) is 0 Å². The highest BCUT2D eigenvalue weighted by atomic mass is 16.4. The zero-order valence-electron chi connectivity index (χ0n) is 13.8. The van der Waals surface area contributed by atoms with E-state index in [4.69, 9.17) is 19.8 Å². The molecule has 1 aliphatic carbocycles. The van der Waals surface area contributed by atoms with Crippen molar-refractivity contribution in [3.05, 3.63) is 30.1 Å². The van der Waals surface area contributed by atoms with E-state index in [9.17, 15) is 0 Å². The van der Waals surface area contributed by atoms with Gasteiger partial charge in [-0.1, -0.05) is 18.9 Å². The first-order valence-electron chi connectivity index (χ1n) is 8.39. The van der Waals surface area contributed by atoms with Crippen molar-refractivity contribution in [2.24, 2.45) is 0 Å². The van der Waals surface area contributed by atoms with Gasteiger partial charge in [-0.15, -0.1) is 0 Å². The summed E-state index contributed by atoms with van der Waals surface area (Å²) in [6.45, 7) is 5.91. The lowest BCUT2D eigenvalue weighted by Gasteiger charge is -2.37. The van der Waals surface area contributed by atoms with E-state index in [1.165, 1.54) is 57.6 Å². The summed E-state index contributed by atoms with van der Waals surface area (Å²) < 4.78 is 0. The zero-order chi connectivity index (χ0) is 17.4. The van der Waals surface area contributed by atoms with Gasteiger partial charge in [0.2, 0.25) is 0 Å². The average molecular weight is 335 g/mol. The van der Waals surface area contributed by atoms with Crippen LogP contribution in [0.15, 0.2) is 24.4 Å². The van der Waals surface area contributed by atoms with E-state index in [0.717, 1.165) is 12.6 Å². The molecule has 1 aliphatic heterocycles. The van der Waals surface area contributed by atoms with E-state index in [-0.39, 0.29) is 0 Å². The van der Waals surface area contributed by atoms with E-state index in [2.05, 4.69) is 26.9 Å². The molecule has 3 rings (SSSR count). The minimum atomic E-state index is -1.82. The molecule has 2 aliphatic rings. The molecule has 0 bridgehead atoms. The lowest BCUT2D eigenvalue weighted by Crippen LogP contribution is -2.49. The Kier molecular flexibility index (Phi) is 7.14. The molecule has 1 saturated heterocycles. The number of hydrogen-bond donors (Lipinski definition) is 2. The minimum absolute atomic E-state index is 0.891. The molecule has 2 N–H and O–H groups in total. The molecule has 0 amide bonds. The predicted molar refractivity (Wildman–Crippen MR) is 88.6 cm³/mol. The molecular weight excluding hydrogens is 310 g/mol. The van der Waals surface area contributed by atoms with Crippen molar-refractivity contribution in [1.29, 1.82) is 0 Å². The number of rotatable bonds is 3. The van der Waals surface area contributed by atoms with Crippen molar-refractivity contribution in [3.63, 3.8) is 0 Å². The molecule has 7 heteroatoms. The molecule has 7 nitrogen and oxygen atoms in total. The number of pyridine rings is 1. The number of carboxylic acid groups (broad SMARTS) is 2. The quantitative estimate of drug-likeness (QED) is 0.804. The monoisotopic (exact) mass is 335 g/mol. The first-order chi connectivity index (χ1) is 11.6. The molecule has 2 fully saturated rings. The van der Waals surface area contributed by atoms with Crippen LogP contribution in [0.5, 0.6) is 0 Å². The molecule has 0 radical (unpaired) electrons. The van der Waals surface area contributed by atoms with Gasteiger partial charge in [0.05, 0.1) is 5.69 Å². The maximum absolute atomic E-state index is 9.10. The fourth-order valence-electron chi connectivity index (χ4n) is 3.28. The van der Waals surface area contributed by atoms with Gasteiger partial charge in [-0.2, -0.15) is 0 Å². The smallest absolute Gasteiger partial charge is 0.414 e. The molecule has 1 aromatic rings. The van der Waals surface area contributed by atoms with Crippen molar-refractivity contribution in [2.75, 3.05) is 26.2 Å². The summed E-state index contributed by atoms with van der Waals surface area (Å²) in [4.78, 5) is 27.9. The van der Waals surface area contributed by atoms with E-state index in [1.54, 1.807) is 0 Å². The highest BCUT2D eigenvalue weighted by molar-refractivity contribution is 6.27. The highest BCUT2D eigenvalue weighted by Gasteiger charge is 2.25. The summed E-state index contributed by atoms with van der Waals surface area (Å²) in [6, 6.07) is 7.09. The Balaban J connectivity index is 0.000000301. The van der Waals surface area contributed by atoms with E-state index in [1.807, 2.05) is 12.3 Å². The molecule has 132 valence electrons. The van der Waals surface area contributed by atoms with Crippen LogP contribution in [0.1, 0.15) is 31.4 Å². The van der Waals surface area contributed by atoms with E-state index < -0.39 is 11.9 Å². The Morgan fingerprint density at radius 3 is 2.17 bits per heavy atom. The van der Waals surface area contributed by atoms with Gasteiger partial charge >= 0.3 is 11.9 Å². The van der Waals surface area contributed by atoms with Gasteiger partial charge in [0.25, 0.3) is 0 Å². The fourth-order valence-corrected chi connectivity index (χ4v) is 3.28. The normalized spacial score (nSPS) is 19.5. The molecule has 0 spiro atoms. The van der Waals surface area contributed by atoms with Crippen LogP contribution in [0.25, 0.3) is 0 Å². The van der Waals surface area contributed by atoms with Gasteiger partial charge in [-0.25, -0.2) is 9.59 Å². The largest absolute Gasteiger partial charge is 0.473 e. The van der Waals surface area contributed by atoms with Gasteiger partial charge in [-0.05, 0) is 25.0 Å². The second-order valence-corrected chi connectivity index (χ2v) is 6.18. The second kappa shape index (κ2) is 9.34. The summed E-state index contributed by atoms with van der Waals surface area (Å²) >= 11 is 0. The summed E-state index contributed by atoms with van der Waals surface area (Å²) in [6.07, 6.45) is 7.64. The maximum Gasteiger partial charge on any atom is 0.414 e. The molecule has 0 aromatic carbocycles. The maximum atomic E-state index is 9.10. The second-order valence-electron chi connectivity index (χ2n) is 6.18. The van der Waals surface area contributed by atoms with Crippen LogP contribution < -0.4 is 0 Å². The molecule has 0 unspecified atom stereocenters. The number of aromatic nitrogens is 1. The number of carbonyl (C=O) groups is 2. The van der Waals surface area contributed by atoms with Gasteiger partial charge < -0.3 is 10.2 Å². The first kappa shape index (κ1) is 18.4. The third-order valence-electron chi connectivity index (χ3n) is 4.54. The summed E-state index contributed by atoms with van der Waals surface area (Å²) in [5, 5.41) is 14.8. The molecule has 1 aromatic heterocycles. The van der Waals surface area contributed by atoms with Crippen LogP contribution in [0.3, 0.4) is 0 Å². The fraction of sp³-hybridized carbons (Fsp3) is 0.588. The number of nitrogens with zero attached hydrogens (tertiary/aromatic N) is 3. The van der Waals surface area contributed by atoms with Crippen molar-refractivity contribution >= 4 is 11.9 Å². The number of carboxylic acids is 2. The van der Waals surface area contributed by atoms with Crippen LogP contribution in [-0.4, -0.2) is 69.2 Å². The Morgan fingerprint density at radius 1 is 1.04 bits per heavy atom. The Hall–Kier alpha value is -1.99. The predicted octanol–water partition coefficient (Wildman–Crippen LogP) is 1.30. The van der Waals surface area contributed by atoms with Crippen LogP contribution in [-0.2, 0) is 16.1 Å². The third kappa shape index (κ3) is 5.90. The lowest BCUT2D eigenvalue weighted by molar-refractivity contribution is -0.159. The lowest BCUT2D eigenvalue weighted by atomic mass is 10.2. The standard InChI is InChI=1S/C15H23N3.C2H2O4/c1-2-7-15(6-1)18-11-9-17(10-12-18)13-14-5-3-4-8-16-14;3-1(4)2(5)6/h3-5,8,15H,1-2,6-7,9-13H2;(H,3,4)(H,5,6). The first-order valence-corrected chi connectivity index (χ1v) is 8.39. The van der Waals surface area contributed by atoms with Crippen LogP contribution in [0, 0.1) is 0 Å². The molecular formula is C17H25N3O4. The van der Waals surface area contributed by atoms with Crippen LogP contribution in [0.2, 0.25) is 0 Å². The molecule has 24 heavy (non-hydrogen) atoms. The van der Waals surface area contributed by atoms with E-state index >= 15 is 0 Å². The molecule has 2 heterocycles. The van der Waals surface area contributed by atoms with Gasteiger partial charge in [0.15, 0.2) is 0 Å². The van der Waals surface area contributed by atoms with Crippen molar-refractivity contribution in [3.8, 4) is 0 Å².